The highest BCUT2D eigenvalue weighted by atomic mass is 32.2. The first-order valence-corrected chi connectivity index (χ1v) is 9.92. The van der Waals surface area contributed by atoms with Crippen LogP contribution in [0.3, 0.4) is 0 Å². The van der Waals surface area contributed by atoms with Crippen molar-refractivity contribution in [1.29, 1.82) is 0 Å². The van der Waals surface area contributed by atoms with Gasteiger partial charge in [0.25, 0.3) is 0 Å². The van der Waals surface area contributed by atoms with Crippen LogP contribution in [-0.4, -0.2) is 27.7 Å². The van der Waals surface area contributed by atoms with E-state index < -0.39 is 17.7 Å². The number of halogens is 3. The van der Waals surface area contributed by atoms with Crippen molar-refractivity contribution in [3.05, 3.63) is 82.7 Å². The lowest BCUT2D eigenvalue weighted by molar-refractivity contribution is -0.138. The Bertz CT molecular complexity index is 1020. The minimum Gasteiger partial charge on any atom is -0.465 e. The molecule has 0 spiro atoms. The van der Waals surface area contributed by atoms with Crippen LogP contribution < -0.4 is 0 Å². The molecule has 0 amide bonds. The summed E-state index contributed by atoms with van der Waals surface area (Å²) in [6.45, 7) is -0.398. The summed E-state index contributed by atoms with van der Waals surface area (Å²) in [4.78, 5) is 15.8. The Morgan fingerprint density at radius 2 is 1.87 bits per heavy atom. The largest absolute Gasteiger partial charge is 0.465 e. The number of thioether (sulfide) groups is 1. The molecule has 158 valence electrons. The van der Waals surface area contributed by atoms with Gasteiger partial charge >= 0.3 is 12.1 Å². The Kier molecular flexibility index (Phi) is 6.84. The van der Waals surface area contributed by atoms with Crippen molar-refractivity contribution in [1.82, 2.24) is 9.55 Å². The van der Waals surface area contributed by atoms with E-state index in [1.807, 2.05) is 0 Å². The second-order valence-corrected chi connectivity index (χ2v) is 7.35. The van der Waals surface area contributed by atoms with E-state index in [1.54, 1.807) is 34.9 Å². The molecule has 0 atom stereocenters. The SMILES string of the molecule is COC(=O)c1ccc(CSc2ncc(CO)n2Cc2ccccc2C(F)(F)F)cc1. The Hall–Kier alpha value is -2.78. The van der Waals surface area contributed by atoms with Gasteiger partial charge in [-0.25, -0.2) is 9.78 Å². The summed E-state index contributed by atoms with van der Waals surface area (Å²) in [6, 6.07) is 12.2. The van der Waals surface area contributed by atoms with E-state index in [4.69, 9.17) is 0 Å². The Labute approximate surface area is 175 Å². The number of nitrogens with zero attached hydrogens (tertiary/aromatic N) is 2. The van der Waals surface area contributed by atoms with Crippen LogP contribution in [0.15, 0.2) is 59.9 Å². The number of aliphatic hydroxyl groups excluding tert-OH is 1. The molecule has 0 aliphatic carbocycles. The van der Waals surface area contributed by atoms with Crippen LogP contribution in [-0.2, 0) is 29.8 Å². The highest BCUT2D eigenvalue weighted by Crippen LogP contribution is 2.33. The molecule has 0 bridgehead atoms. The number of carbonyl (C=O) groups is 1. The van der Waals surface area contributed by atoms with E-state index in [0.29, 0.717) is 22.2 Å². The normalized spacial score (nSPS) is 11.5. The zero-order valence-corrected chi connectivity index (χ0v) is 16.8. The molecule has 5 nitrogen and oxygen atoms in total. The maximum absolute atomic E-state index is 13.3. The summed E-state index contributed by atoms with van der Waals surface area (Å²) in [5.41, 5.74) is 1.15. The average molecular weight is 436 g/mol. The molecular formula is C21H19F3N2O3S. The van der Waals surface area contributed by atoms with E-state index in [9.17, 15) is 23.1 Å². The zero-order valence-electron chi connectivity index (χ0n) is 16.0. The first-order valence-electron chi connectivity index (χ1n) is 8.94. The molecule has 1 aromatic heterocycles. The molecule has 0 aliphatic rings. The number of benzene rings is 2. The van der Waals surface area contributed by atoms with Gasteiger partial charge in [0.1, 0.15) is 0 Å². The monoisotopic (exact) mass is 436 g/mol. The van der Waals surface area contributed by atoms with Crippen LogP contribution in [0.25, 0.3) is 0 Å². The number of carbonyl (C=O) groups excluding carboxylic acids is 1. The van der Waals surface area contributed by atoms with Crippen molar-refractivity contribution >= 4 is 17.7 Å². The maximum Gasteiger partial charge on any atom is 0.416 e. The molecule has 2 aromatic carbocycles. The van der Waals surface area contributed by atoms with E-state index >= 15 is 0 Å². The fourth-order valence-corrected chi connectivity index (χ4v) is 3.86. The van der Waals surface area contributed by atoms with Crippen molar-refractivity contribution < 1.29 is 27.8 Å². The number of alkyl halides is 3. The summed E-state index contributed by atoms with van der Waals surface area (Å²) in [5.74, 6) is 0.0604. The molecular weight excluding hydrogens is 417 g/mol. The van der Waals surface area contributed by atoms with Gasteiger partial charge in [-0.1, -0.05) is 42.1 Å². The predicted molar refractivity (Wildman–Crippen MR) is 106 cm³/mol. The topological polar surface area (TPSA) is 64.3 Å². The quantitative estimate of drug-likeness (QED) is 0.436. The smallest absolute Gasteiger partial charge is 0.416 e. The number of methoxy groups -OCH3 is 1. The number of hydrogen-bond acceptors (Lipinski definition) is 5. The van der Waals surface area contributed by atoms with Gasteiger partial charge in [-0.2, -0.15) is 13.2 Å². The van der Waals surface area contributed by atoms with Crippen molar-refractivity contribution in [2.24, 2.45) is 0 Å². The van der Waals surface area contributed by atoms with Crippen molar-refractivity contribution in [2.75, 3.05) is 7.11 Å². The first kappa shape index (κ1) is 21.9. The molecule has 0 unspecified atom stereocenters. The van der Waals surface area contributed by atoms with Crippen LogP contribution in [0.2, 0.25) is 0 Å². The van der Waals surface area contributed by atoms with Crippen LogP contribution in [0.4, 0.5) is 13.2 Å². The average Bonchev–Trinajstić information content (AvgIpc) is 3.13. The Morgan fingerprint density at radius 1 is 1.17 bits per heavy atom. The highest BCUT2D eigenvalue weighted by molar-refractivity contribution is 7.98. The number of imidazole rings is 1. The Morgan fingerprint density at radius 3 is 2.50 bits per heavy atom. The van der Waals surface area contributed by atoms with Gasteiger partial charge in [0.2, 0.25) is 0 Å². The minimum absolute atomic E-state index is 0.0603. The molecule has 3 aromatic rings. The first-order chi connectivity index (χ1) is 14.3. The molecule has 0 fully saturated rings. The maximum atomic E-state index is 13.3. The van der Waals surface area contributed by atoms with Gasteiger partial charge in [-0.05, 0) is 29.3 Å². The molecule has 0 aliphatic heterocycles. The van der Waals surface area contributed by atoms with Gasteiger partial charge in [-0.3, -0.25) is 0 Å². The second-order valence-electron chi connectivity index (χ2n) is 6.41. The number of aromatic nitrogens is 2. The third-order valence-corrected chi connectivity index (χ3v) is 5.52. The fraction of sp³-hybridized carbons (Fsp3) is 0.238. The highest BCUT2D eigenvalue weighted by Gasteiger charge is 2.33. The van der Waals surface area contributed by atoms with Gasteiger partial charge in [0.15, 0.2) is 5.16 Å². The van der Waals surface area contributed by atoms with Gasteiger partial charge in [0, 0.05) is 5.75 Å². The molecule has 0 saturated heterocycles. The van der Waals surface area contributed by atoms with E-state index in [-0.39, 0.29) is 18.7 Å². The number of aliphatic hydroxyl groups is 1. The lowest BCUT2D eigenvalue weighted by Crippen LogP contribution is -2.13. The molecule has 0 radical (unpaired) electrons. The molecule has 30 heavy (non-hydrogen) atoms. The molecule has 1 heterocycles. The summed E-state index contributed by atoms with van der Waals surface area (Å²) >= 11 is 1.33. The second kappa shape index (κ2) is 9.36. The van der Waals surface area contributed by atoms with E-state index in [1.165, 1.54) is 37.2 Å². The van der Waals surface area contributed by atoms with Gasteiger partial charge in [0.05, 0.1) is 43.3 Å². The van der Waals surface area contributed by atoms with Crippen LogP contribution >= 0.6 is 11.8 Å². The van der Waals surface area contributed by atoms with Crippen LogP contribution in [0.5, 0.6) is 0 Å². The van der Waals surface area contributed by atoms with E-state index in [2.05, 4.69) is 9.72 Å². The van der Waals surface area contributed by atoms with Crippen molar-refractivity contribution in [2.45, 2.75) is 30.2 Å². The number of rotatable bonds is 7. The number of esters is 1. The summed E-state index contributed by atoms with van der Waals surface area (Å²) in [7, 11) is 1.31. The standard InChI is InChI=1S/C21H19F3N2O3S/c1-29-19(28)15-8-6-14(7-9-15)13-30-20-25-10-17(12-27)26(20)11-16-4-2-3-5-18(16)21(22,23)24/h2-10,27H,11-13H2,1H3. The van der Waals surface area contributed by atoms with E-state index in [0.717, 1.165) is 11.6 Å². The molecule has 9 heteroatoms. The van der Waals surface area contributed by atoms with Crippen LogP contribution in [0.1, 0.15) is 32.7 Å². The third-order valence-electron chi connectivity index (χ3n) is 4.46. The lowest BCUT2D eigenvalue weighted by atomic mass is 10.1. The van der Waals surface area contributed by atoms with Gasteiger partial charge < -0.3 is 14.4 Å². The lowest BCUT2D eigenvalue weighted by Gasteiger charge is -2.16. The van der Waals surface area contributed by atoms with Gasteiger partial charge in [-0.15, -0.1) is 0 Å². The molecule has 0 saturated carbocycles. The van der Waals surface area contributed by atoms with Crippen molar-refractivity contribution in [3.63, 3.8) is 0 Å². The fourth-order valence-electron chi connectivity index (χ4n) is 2.91. The number of ether oxygens (including phenoxy) is 1. The summed E-state index contributed by atoms with van der Waals surface area (Å²) in [5, 5.41) is 10.1. The zero-order chi connectivity index (χ0) is 21.7. The van der Waals surface area contributed by atoms with Crippen LogP contribution in [0, 0.1) is 0 Å². The summed E-state index contributed by atoms with van der Waals surface area (Å²) < 4.78 is 46.2. The van der Waals surface area contributed by atoms with Crippen molar-refractivity contribution in [3.8, 4) is 0 Å². The Balaban J connectivity index is 1.80. The molecule has 3 rings (SSSR count). The number of hydrogen-bond donors (Lipinski definition) is 1. The summed E-state index contributed by atoms with van der Waals surface area (Å²) in [6.07, 6.45) is -3.01. The minimum atomic E-state index is -4.47. The molecule has 1 N–H and O–H groups in total. The predicted octanol–water partition coefficient (Wildman–Crippen LogP) is 4.52. The third kappa shape index (κ3) is 5.03.